The number of ether oxygens (including phenoxy) is 1. The summed E-state index contributed by atoms with van der Waals surface area (Å²) in [5.41, 5.74) is 2.77. The average molecular weight is 426 g/mol. The number of hydrogen-bond acceptors (Lipinski definition) is 4. The van der Waals surface area contributed by atoms with Crippen LogP contribution in [-0.4, -0.2) is 30.6 Å². The zero-order chi connectivity index (χ0) is 20.7. The largest absolute Gasteiger partial charge is 0.487 e. The number of halogens is 2. The average Bonchev–Trinajstić information content (AvgIpc) is 3.33. The van der Waals surface area contributed by atoms with Crippen LogP contribution in [0.5, 0.6) is 5.75 Å². The second-order valence-electron chi connectivity index (χ2n) is 7.70. The summed E-state index contributed by atoms with van der Waals surface area (Å²) >= 11 is 6.19. The van der Waals surface area contributed by atoms with Crippen molar-refractivity contribution in [2.24, 2.45) is 7.05 Å². The fourth-order valence-electron chi connectivity index (χ4n) is 4.17. The van der Waals surface area contributed by atoms with E-state index in [2.05, 4.69) is 14.8 Å². The molecule has 0 aliphatic heterocycles. The van der Waals surface area contributed by atoms with Gasteiger partial charge in [0.1, 0.15) is 10.8 Å². The van der Waals surface area contributed by atoms with Crippen LogP contribution in [0.3, 0.4) is 0 Å². The predicted octanol–water partition coefficient (Wildman–Crippen LogP) is 5.19. The number of hydrogen-bond donors (Lipinski definition) is 0. The molecule has 0 amide bonds. The van der Waals surface area contributed by atoms with Gasteiger partial charge >= 0.3 is 0 Å². The van der Waals surface area contributed by atoms with Crippen LogP contribution in [-0.2, 0) is 7.05 Å². The van der Waals surface area contributed by atoms with Crippen LogP contribution in [0.2, 0.25) is 5.15 Å². The number of rotatable bonds is 4. The minimum absolute atomic E-state index is 0.00280. The van der Waals surface area contributed by atoms with E-state index >= 15 is 0 Å². The van der Waals surface area contributed by atoms with Gasteiger partial charge in [0.25, 0.3) is 0 Å². The summed E-state index contributed by atoms with van der Waals surface area (Å²) in [7, 11) is 1.88. The molecule has 0 N–H and O–H groups in total. The number of benzene rings is 1. The summed E-state index contributed by atoms with van der Waals surface area (Å²) < 4.78 is 23.6. The third-order valence-corrected chi connectivity index (χ3v) is 5.86. The lowest BCUT2D eigenvalue weighted by Crippen LogP contribution is -2.26. The van der Waals surface area contributed by atoms with Crippen molar-refractivity contribution in [3.8, 4) is 17.0 Å². The monoisotopic (exact) mass is 425 g/mol. The molecule has 3 heterocycles. The van der Waals surface area contributed by atoms with Gasteiger partial charge in [-0.05, 0) is 37.8 Å². The minimum Gasteiger partial charge on any atom is -0.487 e. The third-order valence-electron chi connectivity index (χ3n) is 5.66. The van der Waals surface area contributed by atoms with Crippen LogP contribution >= 0.6 is 11.6 Å². The lowest BCUT2D eigenvalue weighted by atomic mass is 9.93. The first kappa shape index (κ1) is 19.1. The number of aryl methyl sites for hydroxylation is 1. The molecule has 0 atom stereocenters. The molecular formula is C22H21ClFN5O. The maximum absolute atomic E-state index is 13.9. The smallest absolute Gasteiger partial charge is 0.165 e. The van der Waals surface area contributed by atoms with Crippen LogP contribution in [0, 0.1) is 5.82 Å². The Morgan fingerprint density at radius 2 is 1.93 bits per heavy atom. The van der Waals surface area contributed by atoms with E-state index in [-0.39, 0.29) is 18.0 Å². The fourth-order valence-corrected chi connectivity index (χ4v) is 4.32. The second kappa shape index (κ2) is 7.72. The molecule has 4 aromatic rings. The standard InChI is InChI=1S/C22H21ClFN5O/c1-28-13-14(11-26-28)22-17-12-25-21(23)10-19(17)29(27-22)15-6-8-16(9-7-15)30-20-5-3-2-4-18(20)24/h2-5,10-13,15-16H,6-9H2,1H3. The molecule has 154 valence electrons. The maximum atomic E-state index is 13.9. The van der Waals surface area contributed by atoms with E-state index in [1.807, 2.05) is 19.3 Å². The first-order chi connectivity index (χ1) is 14.6. The van der Waals surface area contributed by atoms with Crippen molar-refractivity contribution in [1.82, 2.24) is 24.5 Å². The van der Waals surface area contributed by atoms with Gasteiger partial charge in [0.15, 0.2) is 11.6 Å². The second-order valence-corrected chi connectivity index (χ2v) is 8.09. The van der Waals surface area contributed by atoms with Crippen molar-refractivity contribution in [3.05, 3.63) is 59.9 Å². The Morgan fingerprint density at radius 1 is 1.13 bits per heavy atom. The lowest BCUT2D eigenvalue weighted by molar-refractivity contribution is 0.126. The number of nitrogens with zero attached hydrogens (tertiary/aromatic N) is 5. The van der Waals surface area contributed by atoms with E-state index in [4.69, 9.17) is 21.4 Å². The normalized spacial score (nSPS) is 19.3. The molecule has 1 aromatic carbocycles. The van der Waals surface area contributed by atoms with Crippen molar-refractivity contribution < 1.29 is 9.13 Å². The molecule has 1 fully saturated rings. The van der Waals surface area contributed by atoms with Gasteiger partial charge in [0.2, 0.25) is 0 Å². The molecule has 0 radical (unpaired) electrons. The summed E-state index contributed by atoms with van der Waals surface area (Å²) in [6.45, 7) is 0. The molecule has 0 spiro atoms. The van der Waals surface area contributed by atoms with E-state index in [0.29, 0.717) is 10.9 Å². The molecule has 1 aliphatic carbocycles. The van der Waals surface area contributed by atoms with Gasteiger partial charge in [-0.15, -0.1) is 0 Å². The van der Waals surface area contributed by atoms with E-state index in [9.17, 15) is 4.39 Å². The molecule has 1 aliphatic rings. The van der Waals surface area contributed by atoms with Gasteiger partial charge in [-0.25, -0.2) is 9.37 Å². The zero-order valence-corrected chi connectivity index (χ0v) is 17.3. The Kier molecular flexibility index (Phi) is 4.90. The molecule has 0 bridgehead atoms. The van der Waals surface area contributed by atoms with E-state index in [1.165, 1.54) is 6.07 Å². The number of pyridine rings is 1. The predicted molar refractivity (Wildman–Crippen MR) is 113 cm³/mol. The molecule has 8 heteroatoms. The van der Waals surface area contributed by atoms with Gasteiger partial charge in [0, 0.05) is 36.5 Å². The highest BCUT2D eigenvalue weighted by Gasteiger charge is 2.27. The van der Waals surface area contributed by atoms with Crippen LogP contribution in [0.1, 0.15) is 31.7 Å². The first-order valence-corrected chi connectivity index (χ1v) is 10.4. The molecule has 0 saturated heterocycles. The quantitative estimate of drug-likeness (QED) is 0.422. The van der Waals surface area contributed by atoms with Crippen molar-refractivity contribution in [3.63, 3.8) is 0 Å². The molecular weight excluding hydrogens is 405 g/mol. The van der Waals surface area contributed by atoms with Gasteiger partial charge < -0.3 is 4.74 Å². The first-order valence-electron chi connectivity index (χ1n) is 10.0. The highest BCUT2D eigenvalue weighted by atomic mass is 35.5. The molecule has 1 saturated carbocycles. The van der Waals surface area contributed by atoms with Gasteiger partial charge in [-0.2, -0.15) is 10.2 Å². The minimum atomic E-state index is -0.319. The van der Waals surface area contributed by atoms with Crippen molar-refractivity contribution in [1.29, 1.82) is 0 Å². The summed E-state index contributed by atoms with van der Waals surface area (Å²) in [5, 5.41) is 10.6. The van der Waals surface area contributed by atoms with Gasteiger partial charge in [0.05, 0.1) is 23.9 Å². The SMILES string of the molecule is Cn1cc(-c2nn(C3CCC(Oc4ccccc4F)CC3)c3cc(Cl)ncc23)cn1. The Bertz CT molecular complexity index is 1200. The molecule has 3 aromatic heterocycles. The molecule has 6 nitrogen and oxygen atoms in total. The van der Waals surface area contributed by atoms with Crippen LogP contribution in [0.4, 0.5) is 4.39 Å². The summed E-state index contributed by atoms with van der Waals surface area (Å²) in [4.78, 5) is 4.26. The molecule has 0 unspecified atom stereocenters. The highest BCUT2D eigenvalue weighted by molar-refractivity contribution is 6.30. The third kappa shape index (κ3) is 3.54. The Balaban J connectivity index is 1.40. The fraction of sp³-hybridized carbons (Fsp3) is 0.318. The Hall–Kier alpha value is -2.93. The Morgan fingerprint density at radius 3 is 2.67 bits per heavy atom. The van der Waals surface area contributed by atoms with Crippen LogP contribution in [0.25, 0.3) is 22.2 Å². The van der Waals surface area contributed by atoms with E-state index in [0.717, 1.165) is 47.8 Å². The van der Waals surface area contributed by atoms with E-state index < -0.39 is 0 Å². The number of para-hydroxylation sites is 1. The summed E-state index contributed by atoms with van der Waals surface area (Å²) in [6, 6.07) is 8.65. The Labute approximate surface area is 178 Å². The molecule has 5 rings (SSSR count). The van der Waals surface area contributed by atoms with Crippen molar-refractivity contribution in [2.45, 2.75) is 37.8 Å². The summed E-state index contributed by atoms with van der Waals surface area (Å²) in [6.07, 6.45) is 8.98. The molecule has 30 heavy (non-hydrogen) atoms. The van der Waals surface area contributed by atoms with Crippen molar-refractivity contribution in [2.75, 3.05) is 0 Å². The van der Waals surface area contributed by atoms with Crippen LogP contribution < -0.4 is 4.74 Å². The van der Waals surface area contributed by atoms with Crippen LogP contribution in [0.15, 0.2) is 48.9 Å². The van der Waals surface area contributed by atoms with E-state index in [1.54, 1.807) is 35.3 Å². The number of aromatic nitrogens is 5. The maximum Gasteiger partial charge on any atom is 0.165 e. The summed E-state index contributed by atoms with van der Waals surface area (Å²) in [5.74, 6) is 0.00292. The lowest BCUT2D eigenvalue weighted by Gasteiger charge is -2.29. The zero-order valence-electron chi connectivity index (χ0n) is 16.5. The van der Waals surface area contributed by atoms with Gasteiger partial charge in [-0.3, -0.25) is 9.36 Å². The number of fused-ring (bicyclic) bond motifs is 1. The highest BCUT2D eigenvalue weighted by Crippen LogP contribution is 2.36. The van der Waals surface area contributed by atoms with Crippen molar-refractivity contribution >= 4 is 22.5 Å². The topological polar surface area (TPSA) is 57.8 Å². The van der Waals surface area contributed by atoms with Gasteiger partial charge in [-0.1, -0.05) is 23.7 Å².